The molecule has 2 aliphatic rings. The Morgan fingerprint density at radius 1 is 1.30 bits per heavy atom. The predicted molar refractivity (Wildman–Crippen MR) is 80.8 cm³/mol. The second-order valence-corrected chi connectivity index (χ2v) is 5.35. The van der Waals surface area contributed by atoms with Gasteiger partial charge in [0, 0.05) is 13.1 Å². The molecule has 0 saturated carbocycles. The lowest BCUT2D eigenvalue weighted by molar-refractivity contribution is -0.136. The van der Waals surface area contributed by atoms with E-state index in [4.69, 9.17) is 4.74 Å². The number of fused-ring (bicyclic) bond motifs is 1. The van der Waals surface area contributed by atoms with Crippen molar-refractivity contribution in [3.05, 3.63) is 29.8 Å². The zero-order valence-corrected chi connectivity index (χ0v) is 12.9. The number of para-hydroxylation sites is 1. The molecule has 9 heteroatoms. The number of likely N-dealkylation sites (tertiary alicyclic amines) is 1. The van der Waals surface area contributed by atoms with Gasteiger partial charge in [0.05, 0.1) is 36.5 Å². The van der Waals surface area contributed by atoms with Gasteiger partial charge >= 0.3 is 12.2 Å². The van der Waals surface area contributed by atoms with Crippen molar-refractivity contribution in [3.63, 3.8) is 0 Å². The highest BCUT2D eigenvalue weighted by Crippen LogP contribution is 2.34. The molecule has 0 bridgehead atoms. The summed E-state index contributed by atoms with van der Waals surface area (Å²) < 4.78 is 44.3. The minimum absolute atomic E-state index is 0. The van der Waals surface area contributed by atoms with Crippen molar-refractivity contribution in [1.29, 1.82) is 0 Å². The number of carbonyl (C=O) groups is 1. The number of anilines is 1. The van der Waals surface area contributed by atoms with Crippen LogP contribution in [0.15, 0.2) is 24.3 Å². The minimum atomic E-state index is -4.51. The van der Waals surface area contributed by atoms with Gasteiger partial charge in [-0.2, -0.15) is 13.2 Å². The summed E-state index contributed by atoms with van der Waals surface area (Å²) in [6, 6.07) is 4.44. The van der Waals surface area contributed by atoms with E-state index in [0.29, 0.717) is 26.2 Å². The van der Waals surface area contributed by atoms with Crippen molar-refractivity contribution in [3.8, 4) is 0 Å². The maximum absolute atomic E-state index is 12.9. The van der Waals surface area contributed by atoms with Crippen LogP contribution in [0.4, 0.5) is 23.7 Å². The lowest BCUT2D eigenvalue weighted by Gasteiger charge is -2.25. The van der Waals surface area contributed by atoms with Crippen LogP contribution in [0.3, 0.4) is 0 Å². The molecule has 2 N–H and O–H groups in total. The zero-order chi connectivity index (χ0) is 15.7. The number of morpholine rings is 1. The molecular formula is C14H17ClF3N3O2. The van der Waals surface area contributed by atoms with Gasteiger partial charge < -0.3 is 20.3 Å². The molecule has 2 heterocycles. The van der Waals surface area contributed by atoms with Crippen molar-refractivity contribution >= 4 is 24.1 Å². The molecule has 2 amide bonds. The van der Waals surface area contributed by atoms with Crippen LogP contribution in [0.5, 0.6) is 0 Å². The van der Waals surface area contributed by atoms with Gasteiger partial charge in [-0.1, -0.05) is 12.1 Å². The van der Waals surface area contributed by atoms with E-state index in [1.54, 1.807) is 0 Å². The van der Waals surface area contributed by atoms with Crippen molar-refractivity contribution in [2.75, 3.05) is 31.6 Å². The Morgan fingerprint density at radius 3 is 2.74 bits per heavy atom. The Balaban J connectivity index is 0.00000192. The third-order valence-electron chi connectivity index (χ3n) is 3.87. The second-order valence-electron chi connectivity index (χ2n) is 5.35. The van der Waals surface area contributed by atoms with Gasteiger partial charge in [-0.25, -0.2) is 4.79 Å². The summed E-state index contributed by atoms with van der Waals surface area (Å²) in [7, 11) is 0. The van der Waals surface area contributed by atoms with E-state index >= 15 is 0 Å². The fraction of sp³-hybridized carbons (Fsp3) is 0.500. The minimum Gasteiger partial charge on any atom is -0.373 e. The number of benzene rings is 1. The van der Waals surface area contributed by atoms with E-state index in [0.717, 1.165) is 6.07 Å². The highest BCUT2D eigenvalue weighted by Gasteiger charge is 2.38. The number of nitrogens with one attached hydrogen (secondary N) is 2. The Bertz CT molecular complexity index is 556. The Hall–Kier alpha value is -1.51. The molecule has 23 heavy (non-hydrogen) atoms. The number of carbonyl (C=O) groups excluding carboxylic acids is 1. The van der Waals surface area contributed by atoms with Gasteiger partial charge in [0.25, 0.3) is 0 Å². The van der Waals surface area contributed by atoms with Crippen LogP contribution >= 0.6 is 12.4 Å². The highest BCUT2D eigenvalue weighted by atomic mass is 35.5. The Labute approximate surface area is 137 Å². The summed E-state index contributed by atoms with van der Waals surface area (Å²) in [5, 5.41) is 5.59. The van der Waals surface area contributed by atoms with Gasteiger partial charge in [0.1, 0.15) is 0 Å². The monoisotopic (exact) mass is 351 g/mol. The summed E-state index contributed by atoms with van der Waals surface area (Å²) in [6.07, 6.45) is -4.61. The van der Waals surface area contributed by atoms with E-state index in [9.17, 15) is 18.0 Å². The normalized spacial score (nSPS) is 23.9. The first-order valence-electron chi connectivity index (χ1n) is 7.02. The first kappa shape index (κ1) is 17.8. The zero-order valence-electron chi connectivity index (χ0n) is 12.1. The van der Waals surface area contributed by atoms with Crippen LogP contribution in [0.2, 0.25) is 0 Å². The quantitative estimate of drug-likeness (QED) is 0.816. The van der Waals surface area contributed by atoms with Gasteiger partial charge in [-0.15, -0.1) is 12.4 Å². The van der Waals surface area contributed by atoms with E-state index in [1.165, 1.54) is 23.1 Å². The van der Waals surface area contributed by atoms with E-state index in [1.807, 2.05) is 0 Å². The number of ether oxygens (including phenoxy) is 1. The summed E-state index contributed by atoms with van der Waals surface area (Å²) in [5.74, 6) is 0. The number of urea groups is 1. The fourth-order valence-corrected chi connectivity index (χ4v) is 2.79. The number of alkyl halides is 3. The summed E-state index contributed by atoms with van der Waals surface area (Å²) in [4.78, 5) is 13.7. The second kappa shape index (κ2) is 6.94. The Kier molecular flexibility index (Phi) is 5.38. The predicted octanol–water partition coefficient (Wildman–Crippen LogP) is 2.33. The summed E-state index contributed by atoms with van der Waals surface area (Å²) in [5.41, 5.74) is -1.09. The third-order valence-corrected chi connectivity index (χ3v) is 3.87. The molecule has 2 fully saturated rings. The van der Waals surface area contributed by atoms with Crippen LogP contribution in [0.25, 0.3) is 0 Å². The van der Waals surface area contributed by atoms with E-state index in [-0.39, 0.29) is 30.2 Å². The van der Waals surface area contributed by atoms with Crippen molar-refractivity contribution in [1.82, 2.24) is 10.2 Å². The van der Waals surface area contributed by atoms with Crippen molar-refractivity contribution < 1.29 is 22.7 Å². The molecule has 2 atom stereocenters. The van der Waals surface area contributed by atoms with Crippen LogP contribution < -0.4 is 10.6 Å². The smallest absolute Gasteiger partial charge is 0.373 e. The van der Waals surface area contributed by atoms with Crippen LogP contribution in [0.1, 0.15) is 5.56 Å². The lowest BCUT2D eigenvalue weighted by atomic mass is 10.1. The van der Waals surface area contributed by atoms with Gasteiger partial charge in [0.15, 0.2) is 0 Å². The highest BCUT2D eigenvalue weighted by molar-refractivity contribution is 5.90. The SMILES string of the molecule is Cl.O=C(Nc1ccccc1C(F)(F)F)N1C[C@@H]2NCCO[C@H]2C1. The third kappa shape index (κ3) is 3.88. The van der Waals surface area contributed by atoms with Crippen LogP contribution in [0, 0.1) is 0 Å². The van der Waals surface area contributed by atoms with Gasteiger partial charge in [-0.05, 0) is 12.1 Å². The molecule has 0 aromatic heterocycles. The number of nitrogens with zero attached hydrogens (tertiary/aromatic N) is 1. The first-order valence-corrected chi connectivity index (χ1v) is 7.02. The maximum atomic E-state index is 12.9. The molecule has 0 radical (unpaired) electrons. The first-order chi connectivity index (χ1) is 10.4. The topological polar surface area (TPSA) is 53.6 Å². The molecular weight excluding hydrogens is 335 g/mol. The fourth-order valence-electron chi connectivity index (χ4n) is 2.79. The van der Waals surface area contributed by atoms with Gasteiger partial charge in [-0.3, -0.25) is 0 Å². The molecule has 5 nitrogen and oxygen atoms in total. The lowest BCUT2D eigenvalue weighted by Crippen LogP contribution is -2.47. The van der Waals surface area contributed by atoms with Gasteiger partial charge in [0.2, 0.25) is 0 Å². The number of hydrogen-bond donors (Lipinski definition) is 2. The number of hydrogen-bond acceptors (Lipinski definition) is 3. The average Bonchev–Trinajstić information content (AvgIpc) is 2.90. The molecule has 1 aromatic carbocycles. The Morgan fingerprint density at radius 2 is 2.04 bits per heavy atom. The molecule has 2 aliphatic heterocycles. The maximum Gasteiger partial charge on any atom is 0.418 e. The van der Waals surface area contributed by atoms with Crippen molar-refractivity contribution in [2.45, 2.75) is 18.3 Å². The molecule has 2 saturated heterocycles. The van der Waals surface area contributed by atoms with Crippen molar-refractivity contribution in [2.24, 2.45) is 0 Å². The number of rotatable bonds is 1. The molecule has 0 aliphatic carbocycles. The molecule has 3 rings (SSSR count). The average molecular weight is 352 g/mol. The summed E-state index contributed by atoms with van der Waals surface area (Å²) in [6.45, 7) is 2.09. The number of amides is 2. The number of halogens is 4. The molecule has 0 unspecified atom stereocenters. The summed E-state index contributed by atoms with van der Waals surface area (Å²) >= 11 is 0. The standard InChI is InChI=1S/C14H16F3N3O2.ClH/c15-14(16,17)9-3-1-2-4-10(9)19-13(21)20-7-11-12(8-20)22-6-5-18-11;/h1-4,11-12,18H,5-8H2,(H,19,21);1H/t11-,12-;/m0./s1. The largest absolute Gasteiger partial charge is 0.418 e. The molecule has 1 aromatic rings. The van der Waals surface area contributed by atoms with Crippen LogP contribution in [-0.2, 0) is 10.9 Å². The van der Waals surface area contributed by atoms with E-state index in [2.05, 4.69) is 10.6 Å². The molecule has 128 valence electrons. The van der Waals surface area contributed by atoms with Crippen LogP contribution in [-0.4, -0.2) is 49.3 Å². The van der Waals surface area contributed by atoms with E-state index < -0.39 is 17.8 Å². The molecule has 0 spiro atoms.